The molecule has 0 aliphatic carbocycles. The van der Waals surface area contributed by atoms with E-state index in [9.17, 15) is 5.11 Å². The van der Waals surface area contributed by atoms with Gasteiger partial charge in [-0.15, -0.1) is 0 Å². The van der Waals surface area contributed by atoms with Crippen LogP contribution in [0.4, 0.5) is 0 Å². The van der Waals surface area contributed by atoms with E-state index in [0.29, 0.717) is 0 Å². The molecule has 0 fully saturated rings. The Hall–Kier alpha value is -0.153. The summed E-state index contributed by atoms with van der Waals surface area (Å²) < 4.78 is 4.53. The number of aliphatic hydroxyl groups excluding tert-OH is 1. The maximum atomic E-state index is 9.27. The van der Waals surface area contributed by atoms with Crippen molar-refractivity contribution in [2.45, 2.75) is 46.0 Å². The third kappa shape index (κ3) is 5.15. The van der Waals surface area contributed by atoms with Crippen LogP contribution >= 0.6 is 0 Å². The summed E-state index contributed by atoms with van der Waals surface area (Å²) in [6.07, 6.45) is 0.494. The maximum Gasteiger partial charge on any atom is 0.172 e. The van der Waals surface area contributed by atoms with E-state index in [4.69, 9.17) is 0 Å². The lowest BCUT2D eigenvalue weighted by Gasteiger charge is -2.14. The molecule has 0 rings (SSSR count). The van der Waals surface area contributed by atoms with E-state index in [-0.39, 0.29) is 6.10 Å². The molecule has 11 heavy (non-hydrogen) atoms. The van der Waals surface area contributed by atoms with Gasteiger partial charge in [-0.05, 0) is 33.0 Å². The van der Waals surface area contributed by atoms with Gasteiger partial charge >= 0.3 is 0 Å². The van der Waals surface area contributed by atoms with Gasteiger partial charge in [-0.1, -0.05) is 6.92 Å². The predicted octanol–water partition coefficient (Wildman–Crippen LogP) is 2.05. The summed E-state index contributed by atoms with van der Waals surface area (Å²) in [6.45, 7) is 10.3. The zero-order valence-electron chi connectivity index (χ0n) is 8.18. The summed E-state index contributed by atoms with van der Waals surface area (Å²) in [5, 5.41) is 9.27. The topological polar surface area (TPSA) is 32.6 Å². The monoisotopic (exact) mass is 173 g/mol. The molecule has 0 aliphatic rings. The highest BCUT2D eigenvalue weighted by Gasteiger charge is 2.14. The Morgan fingerprint density at radius 3 is 2.00 bits per heavy atom. The summed E-state index contributed by atoms with van der Waals surface area (Å²) in [5.41, 5.74) is 0.948. The first kappa shape index (κ1) is 10.8. The molecule has 1 atom stereocenters. The quantitative estimate of drug-likeness (QED) is 0.514. The van der Waals surface area contributed by atoms with E-state index < -0.39 is 8.24 Å². The van der Waals surface area contributed by atoms with E-state index in [2.05, 4.69) is 24.3 Å². The smallest absolute Gasteiger partial charge is 0.172 e. The largest absolute Gasteiger partial charge is 0.388 e. The zero-order chi connectivity index (χ0) is 9.07. The second kappa shape index (κ2) is 4.02. The van der Waals surface area contributed by atoms with Gasteiger partial charge in [0.1, 0.15) is 0 Å². The minimum Gasteiger partial charge on any atom is -0.388 e. The summed E-state index contributed by atoms with van der Waals surface area (Å²) >= 11 is 0. The molecule has 0 amide bonds. The average molecular weight is 173 g/mol. The molecule has 0 spiro atoms. The number of hydrogen-bond acceptors (Lipinski definition) is 2. The van der Waals surface area contributed by atoms with Crippen LogP contribution in [0.2, 0.25) is 19.6 Å². The molecule has 1 unspecified atom stereocenters. The fourth-order valence-electron chi connectivity index (χ4n) is 0.899. The highest BCUT2D eigenvalue weighted by Crippen LogP contribution is 2.05. The molecule has 0 heterocycles. The van der Waals surface area contributed by atoms with Crippen LogP contribution in [-0.2, 0) is 0 Å². The Balaban J connectivity index is 4.36. The lowest BCUT2D eigenvalue weighted by molar-refractivity contribution is 0.260. The van der Waals surface area contributed by atoms with Crippen LogP contribution < -0.4 is 0 Å². The Kier molecular flexibility index (Phi) is 3.96. The second-order valence-corrected chi connectivity index (χ2v) is 8.37. The standard InChI is InChI=1S/C8H19NOSi/c1-6-8(7(2)10)9-11(3,4)5/h7,10H,6H2,1-5H3. The molecule has 0 radical (unpaired) electrons. The first-order valence-corrected chi connectivity index (χ1v) is 7.58. The van der Waals surface area contributed by atoms with Crippen molar-refractivity contribution < 1.29 is 5.11 Å². The van der Waals surface area contributed by atoms with Gasteiger partial charge < -0.3 is 9.76 Å². The van der Waals surface area contributed by atoms with Crippen LogP contribution in [0.25, 0.3) is 0 Å². The highest BCUT2D eigenvalue weighted by atomic mass is 28.3. The molecule has 0 bridgehead atoms. The summed E-state index contributed by atoms with van der Waals surface area (Å²) in [7, 11) is -1.38. The van der Waals surface area contributed by atoms with Gasteiger partial charge in [0.15, 0.2) is 8.24 Å². The van der Waals surface area contributed by atoms with Gasteiger partial charge in [-0.3, -0.25) is 0 Å². The first-order valence-electron chi connectivity index (χ1n) is 4.13. The van der Waals surface area contributed by atoms with Gasteiger partial charge in [0.05, 0.1) is 6.10 Å². The van der Waals surface area contributed by atoms with Crippen molar-refractivity contribution in [3.8, 4) is 0 Å². The summed E-state index contributed by atoms with van der Waals surface area (Å²) in [5.74, 6) is 0. The molecule has 3 heteroatoms. The maximum absolute atomic E-state index is 9.27. The van der Waals surface area contributed by atoms with Crippen molar-refractivity contribution in [3.63, 3.8) is 0 Å². The third-order valence-corrected chi connectivity index (χ3v) is 2.28. The summed E-state index contributed by atoms with van der Waals surface area (Å²) in [6, 6.07) is 0. The van der Waals surface area contributed by atoms with Gasteiger partial charge in [0, 0.05) is 5.71 Å². The normalized spacial score (nSPS) is 16.7. The molecule has 1 N–H and O–H groups in total. The Morgan fingerprint density at radius 2 is 1.91 bits per heavy atom. The van der Waals surface area contributed by atoms with Crippen molar-refractivity contribution in [1.29, 1.82) is 0 Å². The van der Waals surface area contributed by atoms with Gasteiger partial charge in [0.2, 0.25) is 0 Å². The van der Waals surface area contributed by atoms with E-state index in [1.165, 1.54) is 0 Å². The van der Waals surface area contributed by atoms with Gasteiger partial charge in [-0.25, -0.2) is 0 Å². The molecule has 0 saturated heterocycles. The van der Waals surface area contributed by atoms with E-state index in [1.54, 1.807) is 6.92 Å². The third-order valence-electron chi connectivity index (χ3n) is 1.32. The van der Waals surface area contributed by atoms with E-state index >= 15 is 0 Å². The molecule has 0 saturated carbocycles. The molecule has 0 aromatic carbocycles. The van der Waals surface area contributed by atoms with E-state index in [0.717, 1.165) is 12.1 Å². The molecule has 66 valence electrons. The number of aliphatic hydroxyl groups is 1. The van der Waals surface area contributed by atoms with Crippen LogP contribution in [0.15, 0.2) is 4.66 Å². The Morgan fingerprint density at radius 1 is 1.45 bits per heavy atom. The van der Waals surface area contributed by atoms with Crippen molar-refractivity contribution in [1.82, 2.24) is 0 Å². The zero-order valence-corrected chi connectivity index (χ0v) is 9.18. The van der Waals surface area contributed by atoms with Gasteiger partial charge in [0.25, 0.3) is 0 Å². The Labute approximate surface area is 70.4 Å². The number of hydrogen-bond donors (Lipinski definition) is 1. The van der Waals surface area contributed by atoms with E-state index in [1.807, 2.05) is 6.92 Å². The van der Waals surface area contributed by atoms with Crippen LogP contribution in [0, 0.1) is 0 Å². The number of rotatable bonds is 3. The van der Waals surface area contributed by atoms with Gasteiger partial charge in [-0.2, -0.15) is 0 Å². The molecule has 0 aromatic heterocycles. The minimum atomic E-state index is -1.38. The second-order valence-electron chi connectivity index (χ2n) is 3.80. The SMILES string of the molecule is CCC(=N[Si](C)(C)C)C(C)O. The van der Waals surface area contributed by atoms with Crippen molar-refractivity contribution in [2.24, 2.45) is 4.66 Å². The molecule has 0 aliphatic heterocycles. The molecule has 2 nitrogen and oxygen atoms in total. The van der Waals surface area contributed by atoms with Crippen LogP contribution in [-0.4, -0.2) is 25.2 Å². The molecule has 0 aromatic rings. The minimum absolute atomic E-state index is 0.369. The van der Waals surface area contributed by atoms with Crippen LogP contribution in [0.1, 0.15) is 20.3 Å². The fourth-order valence-corrected chi connectivity index (χ4v) is 2.11. The number of nitrogens with zero attached hydrogens (tertiary/aromatic N) is 1. The van der Waals surface area contributed by atoms with Crippen LogP contribution in [0.5, 0.6) is 0 Å². The molecular formula is C8H19NOSi. The van der Waals surface area contributed by atoms with Crippen molar-refractivity contribution >= 4 is 13.9 Å². The lowest BCUT2D eigenvalue weighted by Crippen LogP contribution is -2.25. The van der Waals surface area contributed by atoms with Crippen molar-refractivity contribution in [2.75, 3.05) is 0 Å². The predicted molar refractivity (Wildman–Crippen MR) is 52.8 cm³/mol. The highest BCUT2D eigenvalue weighted by molar-refractivity contribution is 6.75. The Bertz CT molecular complexity index is 147. The van der Waals surface area contributed by atoms with Crippen molar-refractivity contribution in [3.05, 3.63) is 0 Å². The molecular weight excluding hydrogens is 154 g/mol. The lowest BCUT2D eigenvalue weighted by atomic mass is 10.2. The fraction of sp³-hybridized carbons (Fsp3) is 0.875. The first-order chi connectivity index (χ1) is 4.87. The average Bonchev–Trinajstić information content (AvgIpc) is 1.80. The summed E-state index contributed by atoms with van der Waals surface area (Å²) in [4.78, 5) is 0. The van der Waals surface area contributed by atoms with Crippen LogP contribution in [0.3, 0.4) is 0 Å².